The summed E-state index contributed by atoms with van der Waals surface area (Å²) >= 11 is 2.81. The van der Waals surface area contributed by atoms with E-state index in [0.717, 1.165) is 0 Å². The van der Waals surface area contributed by atoms with Crippen LogP contribution in [0.5, 0.6) is 0 Å². The fourth-order valence-corrected chi connectivity index (χ4v) is 2.48. The molecule has 0 saturated carbocycles. The standard InChI is InChI=1S/C6H11BrO5S/c1-12-2-3-13(10,11)5(7)4-6(8)9/h5H,2-4H2,1H3,(H,8,9). The molecule has 0 spiro atoms. The third-order valence-electron chi connectivity index (χ3n) is 1.30. The van der Waals surface area contributed by atoms with Crippen LogP contribution in [0.1, 0.15) is 6.42 Å². The van der Waals surface area contributed by atoms with E-state index >= 15 is 0 Å². The van der Waals surface area contributed by atoms with Gasteiger partial charge in [-0.2, -0.15) is 0 Å². The molecule has 0 aliphatic carbocycles. The predicted octanol–water partition coefficient (Wildman–Crippen LogP) is 0.243. The molecule has 0 aromatic heterocycles. The third-order valence-corrected chi connectivity index (χ3v) is 5.01. The number of sulfone groups is 1. The van der Waals surface area contributed by atoms with Crippen LogP contribution in [0.15, 0.2) is 0 Å². The maximum Gasteiger partial charge on any atom is 0.305 e. The molecule has 0 heterocycles. The van der Waals surface area contributed by atoms with Gasteiger partial charge in [0.05, 0.1) is 18.8 Å². The highest BCUT2D eigenvalue weighted by molar-refractivity contribution is 9.11. The van der Waals surface area contributed by atoms with Crippen LogP contribution in [0.2, 0.25) is 0 Å². The lowest BCUT2D eigenvalue weighted by atomic mass is 10.5. The molecule has 0 amide bonds. The molecule has 1 atom stereocenters. The largest absolute Gasteiger partial charge is 0.481 e. The van der Waals surface area contributed by atoms with E-state index in [1.54, 1.807) is 0 Å². The fraction of sp³-hybridized carbons (Fsp3) is 0.833. The van der Waals surface area contributed by atoms with Crippen LogP contribution in [0.3, 0.4) is 0 Å². The van der Waals surface area contributed by atoms with Gasteiger partial charge in [-0.3, -0.25) is 4.79 Å². The number of ether oxygens (including phenoxy) is 1. The number of alkyl halides is 1. The summed E-state index contributed by atoms with van der Waals surface area (Å²) in [7, 11) is -2.02. The lowest BCUT2D eigenvalue weighted by molar-refractivity contribution is -0.136. The minimum Gasteiger partial charge on any atom is -0.481 e. The quantitative estimate of drug-likeness (QED) is 0.702. The van der Waals surface area contributed by atoms with E-state index in [9.17, 15) is 13.2 Å². The predicted molar refractivity (Wildman–Crippen MR) is 50.6 cm³/mol. The molecular formula is C6H11BrO5S. The minimum atomic E-state index is -3.41. The SMILES string of the molecule is COCCS(=O)(=O)C(Br)CC(=O)O. The molecule has 0 bridgehead atoms. The first-order valence-corrected chi connectivity index (χ1v) is 6.09. The van der Waals surface area contributed by atoms with Crippen LogP contribution >= 0.6 is 15.9 Å². The average Bonchev–Trinajstić information content (AvgIpc) is 1.99. The van der Waals surface area contributed by atoms with Crippen LogP contribution in [0, 0.1) is 0 Å². The summed E-state index contributed by atoms with van der Waals surface area (Å²) < 4.78 is 26.0. The zero-order valence-corrected chi connectivity index (χ0v) is 9.47. The average molecular weight is 275 g/mol. The molecule has 13 heavy (non-hydrogen) atoms. The van der Waals surface area contributed by atoms with Crippen molar-refractivity contribution in [1.29, 1.82) is 0 Å². The van der Waals surface area contributed by atoms with E-state index in [1.165, 1.54) is 7.11 Å². The van der Waals surface area contributed by atoms with Gasteiger partial charge in [0.15, 0.2) is 9.84 Å². The second kappa shape index (κ2) is 5.56. The molecule has 0 aliphatic rings. The van der Waals surface area contributed by atoms with Gasteiger partial charge < -0.3 is 9.84 Å². The molecule has 7 heteroatoms. The first-order chi connectivity index (χ1) is 5.90. The van der Waals surface area contributed by atoms with Crippen molar-refractivity contribution in [2.75, 3.05) is 19.5 Å². The normalized spacial score (nSPS) is 14.0. The van der Waals surface area contributed by atoms with Gasteiger partial charge in [-0.05, 0) is 0 Å². The Hall–Kier alpha value is -0.140. The van der Waals surface area contributed by atoms with Crippen molar-refractivity contribution in [1.82, 2.24) is 0 Å². The van der Waals surface area contributed by atoms with Gasteiger partial charge in [-0.25, -0.2) is 8.42 Å². The topological polar surface area (TPSA) is 80.7 Å². The lowest BCUT2D eigenvalue weighted by Gasteiger charge is -2.07. The van der Waals surface area contributed by atoms with Crippen LogP contribution < -0.4 is 0 Å². The summed E-state index contributed by atoms with van der Waals surface area (Å²) in [6.07, 6.45) is -0.438. The molecule has 0 aromatic carbocycles. The molecular weight excluding hydrogens is 264 g/mol. The number of hydrogen-bond acceptors (Lipinski definition) is 4. The zero-order chi connectivity index (χ0) is 10.5. The third kappa shape index (κ3) is 5.22. The summed E-state index contributed by atoms with van der Waals surface area (Å²) in [6, 6.07) is 0. The highest BCUT2D eigenvalue weighted by Crippen LogP contribution is 2.14. The zero-order valence-electron chi connectivity index (χ0n) is 7.07. The monoisotopic (exact) mass is 274 g/mol. The van der Waals surface area contributed by atoms with Gasteiger partial charge in [0.2, 0.25) is 0 Å². The number of hydrogen-bond donors (Lipinski definition) is 1. The Morgan fingerprint density at radius 3 is 2.54 bits per heavy atom. The number of carboxylic acids is 1. The first kappa shape index (κ1) is 12.9. The van der Waals surface area contributed by atoms with Gasteiger partial charge in [0, 0.05) is 7.11 Å². The van der Waals surface area contributed by atoms with Crippen LogP contribution in [-0.4, -0.2) is 43.1 Å². The Kier molecular flexibility index (Phi) is 5.50. The maximum atomic E-state index is 11.2. The van der Waals surface area contributed by atoms with Crippen LogP contribution in [0.25, 0.3) is 0 Å². The summed E-state index contributed by atoms with van der Waals surface area (Å²) in [4.78, 5) is 10.2. The number of rotatable bonds is 6. The molecule has 0 aliphatic heterocycles. The minimum absolute atomic E-state index is 0.0735. The Morgan fingerprint density at radius 2 is 2.15 bits per heavy atom. The number of aliphatic carboxylic acids is 1. The van der Waals surface area contributed by atoms with Gasteiger partial charge in [0.25, 0.3) is 0 Å². The van der Waals surface area contributed by atoms with Crippen molar-refractivity contribution in [3.8, 4) is 0 Å². The molecule has 0 radical (unpaired) electrons. The maximum absolute atomic E-state index is 11.2. The molecule has 0 aromatic rings. The number of methoxy groups -OCH3 is 1. The molecule has 0 rings (SSSR count). The van der Waals surface area contributed by atoms with Crippen LogP contribution in [0.4, 0.5) is 0 Å². The fourth-order valence-electron chi connectivity index (χ4n) is 0.592. The molecule has 0 fully saturated rings. The summed E-state index contributed by atoms with van der Waals surface area (Å²) in [5.41, 5.74) is 0. The molecule has 0 saturated heterocycles. The Morgan fingerprint density at radius 1 is 1.62 bits per heavy atom. The van der Waals surface area contributed by atoms with Gasteiger partial charge in [0.1, 0.15) is 4.16 Å². The van der Waals surface area contributed by atoms with Crippen molar-refractivity contribution < 1.29 is 23.1 Å². The Balaban J connectivity index is 4.20. The second-order valence-electron chi connectivity index (χ2n) is 2.37. The number of carbonyl (C=O) groups is 1. The molecule has 1 unspecified atom stereocenters. The van der Waals surface area contributed by atoms with E-state index in [2.05, 4.69) is 20.7 Å². The van der Waals surface area contributed by atoms with Gasteiger partial charge >= 0.3 is 5.97 Å². The smallest absolute Gasteiger partial charge is 0.305 e. The van der Waals surface area contributed by atoms with E-state index in [-0.39, 0.29) is 12.4 Å². The lowest BCUT2D eigenvalue weighted by Crippen LogP contribution is -2.23. The first-order valence-electron chi connectivity index (χ1n) is 3.46. The highest BCUT2D eigenvalue weighted by Gasteiger charge is 2.24. The Bertz CT molecular complexity index is 260. The van der Waals surface area contributed by atoms with Crippen molar-refractivity contribution >= 4 is 31.7 Å². The van der Waals surface area contributed by atoms with Crippen molar-refractivity contribution in [2.24, 2.45) is 0 Å². The highest BCUT2D eigenvalue weighted by atomic mass is 79.9. The summed E-state index contributed by atoms with van der Waals surface area (Å²) in [6.45, 7) is 0.0735. The van der Waals surface area contributed by atoms with Crippen molar-refractivity contribution in [2.45, 2.75) is 10.6 Å². The van der Waals surface area contributed by atoms with E-state index in [4.69, 9.17) is 5.11 Å². The van der Waals surface area contributed by atoms with Crippen molar-refractivity contribution in [3.63, 3.8) is 0 Å². The van der Waals surface area contributed by atoms with Crippen LogP contribution in [-0.2, 0) is 19.4 Å². The van der Waals surface area contributed by atoms with E-state index in [1.807, 2.05) is 0 Å². The summed E-state index contributed by atoms with van der Waals surface area (Å²) in [5.74, 6) is -1.32. The molecule has 1 N–H and O–H groups in total. The van der Waals surface area contributed by atoms with Crippen molar-refractivity contribution in [3.05, 3.63) is 0 Å². The Labute approximate surface area is 85.1 Å². The van der Waals surface area contributed by atoms with Gasteiger partial charge in [-0.1, -0.05) is 15.9 Å². The van der Waals surface area contributed by atoms with E-state index < -0.39 is 26.4 Å². The molecule has 78 valence electrons. The second-order valence-corrected chi connectivity index (χ2v) is 6.38. The summed E-state index contributed by atoms with van der Waals surface area (Å²) in [5, 5.41) is 8.35. The van der Waals surface area contributed by atoms with Gasteiger partial charge in [-0.15, -0.1) is 0 Å². The van der Waals surface area contributed by atoms with E-state index in [0.29, 0.717) is 0 Å². The molecule has 5 nitrogen and oxygen atoms in total. The number of carboxylic acid groups (broad SMARTS) is 1. The number of halogens is 1.